The van der Waals surface area contributed by atoms with Gasteiger partial charge in [-0.15, -0.1) is 12.1 Å². The Labute approximate surface area is 190 Å². The predicted molar refractivity (Wildman–Crippen MR) is 110 cm³/mol. The number of para-hydroxylation sites is 2. The standard InChI is InChI=1S/C23H18N6.Pt/c1-23(2,21(26)17(13-24)15-27-19-9-5-3-6-10-19)22-18(14-25)16-29(28-22)20-11-7-4-8-12-20;/h3-9,11,15-16H,26H2,1-2H3;/q-2;+2/b21-17-,27-15?;. The van der Waals surface area contributed by atoms with Gasteiger partial charge in [0.15, 0.2) is 0 Å². The first-order chi connectivity index (χ1) is 14.0. The molecule has 0 saturated carbocycles. The van der Waals surface area contributed by atoms with Gasteiger partial charge in [-0.1, -0.05) is 0 Å². The van der Waals surface area contributed by atoms with Crippen LogP contribution < -0.4 is 5.73 Å². The summed E-state index contributed by atoms with van der Waals surface area (Å²) in [6.45, 7) is 3.65. The van der Waals surface area contributed by atoms with E-state index in [4.69, 9.17) is 5.73 Å². The number of nitriles is 2. The van der Waals surface area contributed by atoms with Crippen LogP contribution in [0.1, 0.15) is 25.1 Å². The molecular formula is C23H18N6Pt. The summed E-state index contributed by atoms with van der Waals surface area (Å²) in [5, 5.41) is 23.8. The second-order valence-electron chi connectivity index (χ2n) is 6.77. The molecule has 2 N–H and O–H groups in total. The molecule has 0 unspecified atom stereocenters. The van der Waals surface area contributed by atoms with Crippen LogP contribution in [0.15, 0.2) is 71.0 Å². The van der Waals surface area contributed by atoms with Crippen LogP contribution in [0.5, 0.6) is 0 Å². The second kappa shape index (κ2) is 9.83. The van der Waals surface area contributed by atoms with Crippen LogP contribution in [0.2, 0.25) is 0 Å². The maximum atomic E-state index is 9.61. The van der Waals surface area contributed by atoms with E-state index in [0.29, 0.717) is 22.6 Å². The SMILES string of the molecule is CC(C)(/C(N)=C(\C#N)C=Nc1[c-]cccc1)c1nn(-c2[c-]cccc2)cc1C#N.[Pt+2]. The van der Waals surface area contributed by atoms with Gasteiger partial charge in [-0.3, -0.25) is 9.67 Å². The van der Waals surface area contributed by atoms with Crippen LogP contribution in [0.3, 0.4) is 0 Å². The molecule has 6 nitrogen and oxygen atoms in total. The largest absolute Gasteiger partial charge is 2.00 e. The maximum absolute atomic E-state index is 9.61. The van der Waals surface area contributed by atoms with Gasteiger partial charge in [0.05, 0.1) is 22.2 Å². The van der Waals surface area contributed by atoms with Gasteiger partial charge in [-0.05, 0) is 25.2 Å². The molecule has 150 valence electrons. The van der Waals surface area contributed by atoms with Gasteiger partial charge >= 0.3 is 21.1 Å². The molecule has 1 aromatic heterocycles. The minimum atomic E-state index is -0.872. The van der Waals surface area contributed by atoms with E-state index in [2.05, 4.69) is 34.4 Å². The average molecular weight is 574 g/mol. The molecule has 0 saturated heterocycles. The van der Waals surface area contributed by atoms with Crippen LogP contribution >= 0.6 is 0 Å². The van der Waals surface area contributed by atoms with E-state index in [-0.39, 0.29) is 32.3 Å². The third kappa shape index (κ3) is 4.74. The van der Waals surface area contributed by atoms with Crippen LogP contribution in [-0.4, -0.2) is 16.0 Å². The zero-order valence-electron chi connectivity index (χ0n) is 16.4. The minimum Gasteiger partial charge on any atom is -0.400 e. The molecule has 0 radical (unpaired) electrons. The van der Waals surface area contributed by atoms with E-state index in [1.54, 1.807) is 29.1 Å². The fourth-order valence-corrected chi connectivity index (χ4v) is 2.79. The van der Waals surface area contributed by atoms with Gasteiger partial charge in [0.25, 0.3) is 0 Å². The molecule has 0 aliphatic heterocycles. The fraction of sp³-hybridized carbons (Fsp3) is 0.130. The number of nitrogens with zero attached hydrogens (tertiary/aromatic N) is 5. The zero-order valence-corrected chi connectivity index (χ0v) is 18.7. The number of allylic oxidation sites excluding steroid dienone is 2. The summed E-state index contributed by atoms with van der Waals surface area (Å²) >= 11 is 0. The molecule has 0 spiro atoms. The Kier molecular flexibility index (Phi) is 7.48. The molecule has 1 heterocycles. The Morgan fingerprint density at radius 3 is 2.43 bits per heavy atom. The van der Waals surface area contributed by atoms with Gasteiger partial charge in [0, 0.05) is 18.1 Å². The second-order valence-corrected chi connectivity index (χ2v) is 6.77. The van der Waals surface area contributed by atoms with E-state index in [0.717, 1.165) is 0 Å². The first kappa shape index (κ1) is 22.8. The molecule has 2 aromatic carbocycles. The zero-order chi connectivity index (χ0) is 20.9. The van der Waals surface area contributed by atoms with Crippen LogP contribution in [0.25, 0.3) is 5.69 Å². The number of aromatic nitrogens is 2. The van der Waals surface area contributed by atoms with E-state index < -0.39 is 5.41 Å². The van der Waals surface area contributed by atoms with Crippen LogP contribution in [-0.2, 0) is 26.5 Å². The van der Waals surface area contributed by atoms with Gasteiger partial charge in [0.1, 0.15) is 12.1 Å². The molecule has 7 heteroatoms. The Morgan fingerprint density at radius 2 is 1.87 bits per heavy atom. The number of benzene rings is 2. The van der Waals surface area contributed by atoms with E-state index >= 15 is 0 Å². The molecule has 0 fully saturated rings. The molecule has 0 atom stereocenters. The van der Waals surface area contributed by atoms with Gasteiger partial charge in [-0.2, -0.15) is 64.2 Å². The van der Waals surface area contributed by atoms with E-state index in [9.17, 15) is 10.5 Å². The maximum Gasteiger partial charge on any atom is 2.00 e. The smallest absolute Gasteiger partial charge is 0.400 e. The van der Waals surface area contributed by atoms with E-state index in [1.165, 1.54) is 6.21 Å². The average Bonchev–Trinajstić information content (AvgIpc) is 3.21. The summed E-state index contributed by atoms with van der Waals surface area (Å²) in [5.41, 5.74) is 8.12. The molecule has 0 amide bonds. The van der Waals surface area contributed by atoms with Crippen LogP contribution in [0, 0.1) is 34.8 Å². The monoisotopic (exact) mass is 573 g/mol. The summed E-state index contributed by atoms with van der Waals surface area (Å²) < 4.78 is 1.59. The first-order valence-corrected chi connectivity index (χ1v) is 8.86. The molecular weight excluding hydrogens is 555 g/mol. The number of nitrogens with two attached hydrogens (primary N) is 1. The molecule has 0 bridgehead atoms. The summed E-state index contributed by atoms with van der Waals surface area (Å²) in [4.78, 5) is 4.26. The number of hydrogen-bond acceptors (Lipinski definition) is 5. The summed E-state index contributed by atoms with van der Waals surface area (Å²) in [6.07, 6.45) is 3.05. The Morgan fingerprint density at radius 1 is 1.17 bits per heavy atom. The van der Waals surface area contributed by atoms with Crippen molar-refractivity contribution in [2.45, 2.75) is 19.3 Å². The minimum absolute atomic E-state index is 0. The summed E-state index contributed by atoms with van der Waals surface area (Å²) in [6, 6.07) is 24.8. The number of rotatable bonds is 5. The molecule has 0 aliphatic carbocycles. The van der Waals surface area contributed by atoms with Gasteiger partial charge < -0.3 is 5.73 Å². The third-order valence-electron chi connectivity index (χ3n) is 4.48. The summed E-state index contributed by atoms with van der Waals surface area (Å²) in [5.74, 6) is 0. The van der Waals surface area contributed by atoms with Crippen molar-refractivity contribution in [3.8, 4) is 17.8 Å². The predicted octanol–water partition coefficient (Wildman–Crippen LogP) is 3.76. The molecule has 0 aliphatic rings. The van der Waals surface area contributed by atoms with Crippen molar-refractivity contribution in [3.63, 3.8) is 0 Å². The Balaban J connectivity index is 0.00000320. The molecule has 3 aromatic rings. The van der Waals surface area contributed by atoms with E-state index in [1.807, 2.05) is 44.2 Å². The Hall–Kier alpha value is -3.47. The van der Waals surface area contributed by atoms with Gasteiger partial charge in [0.2, 0.25) is 0 Å². The topological polar surface area (TPSA) is 104 Å². The van der Waals surface area contributed by atoms with Crippen molar-refractivity contribution < 1.29 is 21.1 Å². The van der Waals surface area contributed by atoms with Crippen LogP contribution in [0.4, 0.5) is 5.69 Å². The number of aliphatic imine (C=N–C) groups is 1. The quantitative estimate of drug-likeness (QED) is 0.285. The fourth-order valence-electron chi connectivity index (χ4n) is 2.79. The van der Waals surface area contributed by atoms with Crippen molar-refractivity contribution in [1.29, 1.82) is 10.5 Å². The normalized spacial score (nSPS) is 11.9. The molecule has 30 heavy (non-hydrogen) atoms. The first-order valence-electron chi connectivity index (χ1n) is 8.86. The summed E-state index contributed by atoms with van der Waals surface area (Å²) in [7, 11) is 0. The van der Waals surface area contributed by atoms with Gasteiger partial charge in [-0.25, -0.2) is 0 Å². The number of hydrogen-bond donors (Lipinski definition) is 1. The Bertz CT molecular complexity index is 1150. The third-order valence-corrected chi connectivity index (χ3v) is 4.48. The van der Waals surface area contributed by atoms with Crippen molar-refractivity contribution in [2.24, 2.45) is 10.7 Å². The van der Waals surface area contributed by atoms with Crippen molar-refractivity contribution >= 4 is 11.9 Å². The van der Waals surface area contributed by atoms with Crippen molar-refractivity contribution in [3.05, 3.63) is 89.4 Å². The van der Waals surface area contributed by atoms with Crippen molar-refractivity contribution in [1.82, 2.24) is 9.78 Å². The molecule has 3 rings (SSSR count). The van der Waals surface area contributed by atoms with Crippen molar-refractivity contribution in [2.75, 3.05) is 0 Å².